The number of hydrogen-bond acceptors (Lipinski definition) is 5. The van der Waals surface area contributed by atoms with Gasteiger partial charge in [-0.2, -0.15) is 0 Å². The number of rotatable bonds is 4. The first-order chi connectivity index (χ1) is 15.4. The van der Waals surface area contributed by atoms with Gasteiger partial charge in [-0.15, -0.1) is 9.94 Å². The number of nitrogens with zero attached hydrogens (tertiary/aromatic N) is 4. The highest BCUT2D eigenvalue weighted by Gasteiger charge is 2.50. The fourth-order valence-electron chi connectivity index (χ4n) is 4.03. The summed E-state index contributed by atoms with van der Waals surface area (Å²) in [5.74, 6) is -0.256. The maximum Gasteiger partial charge on any atom is 0.254 e. The molecule has 0 unspecified atom stereocenters. The lowest BCUT2D eigenvalue weighted by atomic mass is 10.0. The van der Waals surface area contributed by atoms with Crippen molar-refractivity contribution in [2.45, 2.75) is 18.4 Å². The molecule has 1 aliphatic carbocycles. The van der Waals surface area contributed by atoms with E-state index in [9.17, 15) is 19.9 Å². The van der Waals surface area contributed by atoms with Gasteiger partial charge >= 0.3 is 0 Å². The third kappa shape index (κ3) is 3.85. The van der Waals surface area contributed by atoms with Crippen molar-refractivity contribution in [2.75, 3.05) is 26.2 Å². The Hall–Kier alpha value is -3.65. The average Bonchev–Trinajstić information content (AvgIpc) is 3.44. The number of aromatic nitrogens is 2. The third-order valence-corrected chi connectivity index (χ3v) is 6.20. The molecule has 2 fully saturated rings. The number of carbonyl (C=O) groups excluding carboxylic acids is 2. The normalized spacial score (nSPS) is 17.3. The monoisotopic (exact) mass is 432 g/mol. The molecule has 8 heteroatoms. The minimum Gasteiger partial charge on any atom is -0.412 e. The second-order valence-corrected chi connectivity index (χ2v) is 8.39. The molecule has 0 spiro atoms. The molecule has 5 rings (SSSR count). The first-order valence-electron chi connectivity index (χ1n) is 10.7. The van der Waals surface area contributed by atoms with Gasteiger partial charge in [0.1, 0.15) is 5.60 Å². The lowest BCUT2D eigenvalue weighted by Gasteiger charge is -2.35. The van der Waals surface area contributed by atoms with E-state index in [1.807, 2.05) is 48.5 Å². The van der Waals surface area contributed by atoms with Crippen LogP contribution >= 0.6 is 0 Å². The topological polar surface area (TPSA) is 98.9 Å². The number of hydrogen-bond donors (Lipinski definition) is 2. The molecular weight excluding hydrogens is 408 g/mol. The Balaban J connectivity index is 1.22. The zero-order valence-corrected chi connectivity index (χ0v) is 17.5. The summed E-state index contributed by atoms with van der Waals surface area (Å²) in [6.07, 6.45) is 2.55. The van der Waals surface area contributed by atoms with Crippen molar-refractivity contribution in [1.29, 1.82) is 0 Å². The van der Waals surface area contributed by atoms with E-state index in [0.717, 1.165) is 21.5 Å². The first kappa shape index (κ1) is 20.3. The van der Waals surface area contributed by atoms with Crippen molar-refractivity contribution in [3.63, 3.8) is 0 Å². The average molecular weight is 432 g/mol. The summed E-state index contributed by atoms with van der Waals surface area (Å²) >= 11 is 0. The van der Waals surface area contributed by atoms with E-state index in [1.165, 1.54) is 6.20 Å². The van der Waals surface area contributed by atoms with E-state index >= 15 is 0 Å². The summed E-state index contributed by atoms with van der Waals surface area (Å²) in [4.78, 5) is 29.3. The zero-order valence-electron chi connectivity index (χ0n) is 17.5. The highest BCUT2D eigenvalue weighted by atomic mass is 16.5. The standard InChI is InChI=1S/C24H24N4O4/c29-22(26-13-15-27(16-14-26)23(30)24(31)10-11-24)20-7-3-18(4-8-20)17-1-5-19(6-2-17)21-9-12-28(32)25-21/h1-9,12,31-32H,10-11,13-16H2. The molecule has 8 nitrogen and oxygen atoms in total. The maximum absolute atomic E-state index is 12.9. The third-order valence-electron chi connectivity index (χ3n) is 6.20. The second kappa shape index (κ2) is 7.80. The molecule has 3 aromatic rings. The van der Waals surface area contributed by atoms with E-state index in [-0.39, 0.29) is 11.8 Å². The molecular formula is C24H24N4O4. The van der Waals surface area contributed by atoms with Gasteiger partial charge in [-0.25, -0.2) is 0 Å². The number of benzene rings is 2. The number of aliphatic hydroxyl groups is 1. The van der Waals surface area contributed by atoms with Gasteiger partial charge in [0.2, 0.25) is 0 Å². The summed E-state index contributed by atoms with van der Waals surface area (Å²) in [6, 6.07) is 17.1. The van der Waals surface area contributed by atoms with Crippen molar-refractivity contribution < 1.29 is 19.9 Å². The van der Waals surface area contributed by atoms with Crippen LogP contribution in [0.5, 0.6) is 0 Å². The van der Waals surface area contributed by atoms with Crippen molar-refractivity contribution in [1.82, 2.24) is 19.7 Å². The summed E-state index contributed by atoms with van der Waals surface area (Å²) in [5, 5.41) is 23.3. The molecule has 0 radical (unpaired) electrons. The molecule has 1 saturated heterocycles. The minimum absolute atomic E-state index is 0.0521. The summed E-state index contributed by atoms with van der Waals surface area (Å²) in [7, 11) is 0. The minimum atomic E-state index is -1.15. The van der Waals surface area contributed by atoms with E-state index in [1.54, 1.807) is 15.9 Å². The quantitative estimate of drug-likeness (QED) is 0.617. The molecule has 32 heavy (non-hydrogen) atoms. The molecule has 164 valence electrons. The van der Waals surface area contributed by atoms with Gasteiger partial charge in [-0.05, 0) is 42.2 Å². The van der Waals surface area contributed by atoms with Gasteiger partial charge in [-0.3, -0.25) is 9.59 Å². The van der Waals surface area contributed by atoms with Gasteiger partial charge in [-0.1, -0.05) is 36.4 Å². The van der Waals surface area contributed by atoms with Crippen molar-refractivity contribution >= 4 is 11.8 Å². The van der Waals surface area contributed by atoms with Crippen LogP contribution in [-0.2, 0) is 4.79 Å². The Morgan fingerprint density at radius 1 is 0.781 bits per heavy atom. The number of carbonyl (C=O) groups is 2. The predicted octanol–water partition coefficient (Wildman–Crippen LogP) is 2.26. The highest BCUT2D eigenvalue weighted by Crippen LogP contribution is 2.37. The molecule has 1 aliphatic heterocycles. The molecule has 2 aliphatic rings. The second-order valence-electron chi connectivity index (χ2n) is 8.39. The largest absolute Gasteiger partial charge is 0.412 e. The first-order valence-corrected chi connectivity index (χ1v) is 10.7. The summed E-state index contributed by atoms with van der Waals surface area (Å²) in [6.45, 7) is 1.83. The molecule has 0 bridgehead atoms. The van der Waals surface area contributed by atoms with Crippen LogP contribution in [0.25, 0.3) is 22.4 Å². The van der Waals surface area contributed by atoms with Crippen molar-refractivity contribution in [2.24, 2.45) is 0 Å². The van der Waals surface area contributed by atoms with Crippen LogP contribution in [0, 0.1) is 0 Å². The lowest BCUT2D eigenvalue weighted by Crippen LogP contribution is -2.53. The highest BCUT2D eigenvalue weighted by molar-refractivity contribution is 5.95. The molecule has 2 aromatic carbocycles. The van der Waals surface area contributed by atoms with Gasteiger partial charge < -0.3 is 20.1 Å². The Morgan fingerprint density at radius 3 is 1.84 bits per heavy atom. The van der Waals surface area contributed by atoms with Crippen LogP contribution in [0.2, 0.25) is 0 Å². The van der Waals surface area contributed by atoms with Gasteiger partial charge in [0.25, 0.3) is 11.8 Å². The molecule has 2 amide bonds. The fraction of sp³-hybridized carbons (Fsp3) is 0.292. The SMILES string of the molecule is O=C(c1ccc(-c2ccc(-c3ccn(O)n3)cc2)cc1)N1CCN(C(=O)C2(O)CC2)CC1. The van der Waals surface area contributed by atoms with Crippen LogP contribution in [0.15, 0.2) is 60.8 Å². The lowest BCUT2D eigenvalue weighted by molar-refractivity contribution is -0.143. The van der Waals surface area contributed by atoms with Crippen LogP contribution in [0.3, 0.4) is 0 Å². The Labute approximate surface area is 185 Å². The Morgan fingerprint density at radius 2 is 1.31 bits per heavy atom. The fourth-order valence-corrected chi connectivity index (χ4v) is 4.03. The molecule has 0 atom stereocenters. The van der Waals surface area contributed by atoms with Crippen molar-refractivity contribution in [3.05, 3.63) is 66.4 Å². The summed E-state index contributed by atoms with van der Waals surface area (Å²) in [5.41, 5.74) is 3.06. The molecule has 2 heterocycles. The van der Waals surface area contributed by atoms with Crippen molar-refractivity contribution in [3.8, 4) is 22.4 Å². The zero-order chi connectivity index (χ0) is 22.3. The number of amides is 2. The molecule has 1 saturated carbocycles. The van der Waals surface area contributed by atoms with E-state index in [2.05, 4.69) is 5.10 Å². The number of piperazine rings is 1. The van der Waals surface area contributed by atoms with E-state index in [4.69, 9.17) is 0 Å². The van der Waals surface area contributed by atoms with Crippen LogP contribution in [0.1, 0.15) is 23.2 Å². The smallest absolute Gasteiger partial charge is 0.254 e. The summed E-state index contributed by atoms with van der Waals surface area (Å²) < 4.78 is 0. The van der Waals surface area contributed by atoms with Crippen LogP contribution in [0.4, 0.5) is 0 Å². The molecule has 1 aromatic heterocycles. The Bertz CT molecular complexity index is 1140. The van der Waals surface area contributed by atoms with Crippen LogP contribution < -0.4 is 0 Å². The van der Waals surface area contributed by atoms with Gasteiger partial charge in [0.15, 0.2) is 0 Å². The van der Waals surface area contributed by atoms with Gasteiger partial charge in [0.05, 0.1) is 11.9 Å². The maximum atomic E-state index is 12.9. The Kier molecular flexibility index (Phi) is 4.94. The van der Waals surface area contributed by atoms with Crippen LogP contribution in [-0.4, -0.2) is 73.7 Å². The predicted molar refractivity (Wildman–Crippen MR) is 117 cm³/mol. The van der Waals surface area contributed by atoms with E-state index in [0.29, 0.717) is 50.3 Å². The molecule has 2 N–H and O–H groups in total. The van der Waals surface area contributed by atoms with Gasteiger partial charge in [0, 0.05) is 37.3 Å². The van der Waals surface area contributed by atoms with E-state index < -0.39 is 5.60 Å².